The van der Waals surface area contributed by atoms with Gasteiger partial charge in [-0.05, 0) is 44.5 Å². The van der Waals surface area contributed by atoms with Crippen LogP contribution in [0.1, 0.15) is 36.7 Å². The Morgan fingerprint density at radius 1 is 1.10 bits per heavy atom. The molecule has 2 aromatic rings. The lowest BCUT2D eigenvalue weighted by atomic mass is 10.2. The number of ether oxygens (including phenoxy) is 1. The standard InChI is InChI=1S/C22H29N3O5S/c1-5-25(15-17-9-7-6-8-10-17)21(26)14-23-22(27)18-11-12-19(30-4)20(13-18)31(28,29)24-16(2)3/h6-13,16,24H,5,14-15H2,1-4H3,(H,23,27). The molecule has 8 nitrogen and oxygen atoms in total. The first-order valence-electron chi connectivity index (χ1n) is 9.98. The lowest BCUT2D eigenvalue weighted by Gasteiger charge is -2.21. The Morgan fingerprint density at radius 2 is 1.77 bits per heavy atom. The minimum atomic E-state index is -3.87. The molecule has 0 unspecified atom stereocenters. The van der Waals surface area contributed by atoms with Crippen molar-refractivity contribution in [1.82, 2.24) is 14.9 Å². The van der Waals surface area contributed by atoms with E-state index in [-0.39, 0.29) is 34.7 Å². The smallest absolute Gasteiger partial charge is 0.251 e. The van der Waals surface area contributed by atoms with Crippen molar-refractivity contribution in [3.63, 3.8) is 0 Å². The summed E-state index contributed by atoms with van der Waals surface area (Å²) in [5.74, 6) is -0.656. The molecule has 0 saturated carbocycles. The molecule has 9 heteroatoms. The maximum absolute atomic E-state index is 12.6. The number of hydrogen-bond acceptors (Lipinski definition) is 5. The third-order valence-corrected chi connectivity index (χ3v) is 6.14. The van der Waals surface area contributed by atoms with Crippen LogP contribution in [0.25, 0.3) is 0 Å². The van der Waals surface area contributed by atoms with E-state index in [9.17, 15) is 18.0 Å². The molecule has 0 aliphatic rings. The summed E-state index contributed by atoms with van der Waals surface area (Å²) in [6.45, 7) is 6.00. The minimum absolute atomic E-state index is 0.115. The summed E-state index contributed by atoms with van der Waals surface area (Å²) >= 11 is 0. The number of carbonyl (C=O) groups excluding carboxylic acids is 2. The molecule has 0 spiro atoms. The van der Waals surface area contributed by atoms with Crippen molar-refractivity contribution in [2.75, 3.05) is 20.2 Å². The predicted molar refractivity (Wildman–Crippen MR) is 118 cm³/mol. The molecule has 0 fully saturated rings. The molecule has 0 aliphatic carbocycles. The number of methoxy groups -OCH3 is 1. The third kappa shape index (κ3) is 6.80. The van der Waals surface area contributed by atoms with Crippen molar-refractivity contribution in [3.05, 3.63) is 59.7 Å². The Labute approximate surface area is 183 Å². The Bertz CT molecular complexity index is 1010. The number of hydrogen-bond donors (Lipinski definition) is 2. The van der Waals surface area contributed by atoms with Crippen molar-refractivity contribution in [3.8, 4) is 5.75 Å². The van der Waals surface area contributed by atoms with Gasteiger partial charge >= 0.3 is 0 Å². The van der Waals surface area contributed by atoms with Gasteiger partial charge in [-0.25, -0.2) is 13.1 Å². The van der Waals surface area contributed by atoms with E-state index in [1.807, 2.05) is 37.3 Å². The molecular weight excluding hydrogens is 418 g/mol. The van der Waals surface area contributed by atoms with Crippen LogP contribution in [0.3, 0.4) is 0 Å². The maximum Gasteiger partial charge on any atom is 0.251 e. The molecule has 2 N–H and O–H groups in total. The Morgan fingerprint density at radius 3 is 2.35 bits per heavy atom. The van der Waals surface area contributed by atoms with Crippen molar-refractivity contribution in [2.24, 2.45) is 0 Å². The summed E-state index contributed by atoms with van der Waals surface area (Å²) in [4.78, 5) is 26.6. The lowest BCUT2D eigenvalue weighted by molar-refractivity contribution is -0.130. The molecule has 0 aromatic heterocycles. The fraction of sp³-hybridized carbons (Fsp3) is 0.364. The SMILES string of the molecule is CCN(Cc1ccccc1)C(=O)CNC(=O)c1ccc(OC)c(S(=O)(=O)NC(C)C)c1. The van der Waals surface area contributed by atoms with Crippen molar-refractivity contribution in [2.45, 2.75) is 38.3 Å². The Balaban J connectivity index is 2.11. The van der Waals surface area contributed by atoms with Crippen LogP contribution in [-0.2, 0) is 21.4 Å². The highest BCUT2D eigenvalue weighted by molar-refractivity contribution is 7.89. The molecule has 0 atom stereocenters. The minimum Gasteiger partial charge on any atom is -0.495 e. The zero-order valence-electron chi connectivity index (χ0n) is 18.2. The fourth-order valence-electron chi connectivity index (χ4n) is 2.95. The molecule has 0 radical (unpaired) electrons. The zero-order chi connectivity index (χ0) is 23.0. The number of sulfonamides is 1. The van der Waals surface area contributed by atoms with Gasteiger partial charge in [-0.15, -0.1) is 0 Å². The number of nitrogens with zero attached hydrogens (tertiary/aromatic N) is 1. The van der Waals surface area contributed by atoms with E-state index >= 15 is 0 Å². The molecule has 0 heterocycles. The van der Waals surface area contributed by atoms with E-state index in [0.29, 0.717) is 13.1 Å². The maximum atomic E-state index is 12.6. The fourth-order valence-corrected chi connectivity index (χ4v) is 4.40. The van der Waals surface area contributed by atoms with E-state index in [2.05, 4.69) is 10.0 Å². The predicted octanol–water partition coefficient (Wildman–Crippen LogP) is 2.16. The van der Waals surface area contributed by atoms with Gasteiger partial charge in [0, 0.05) is 24.7 Å². The van der Waals surface area contributed by atoms with Gasteiger partial charge in [0.05, 0.1) is 13.7 Å². The molecule has 0 bridgehead atoms. The first-order chi connectivity index (χ1) is 14.7. The van der Waals surface area contributed by atoms with Gasteiger partial charge in [-0.3, -0.25) is 9.59 Å². The van der Waals surface area contributed by atoms with Crippen LogP contribution in [0.15, 0.2) is 53.4 Å². The second kappa shape index (κ2) is 10.9. The van der Waals surface area contributed by atoms with Crippen LogP contribution in [0.2, 0.25) is 0 Å². The average Bonchev–Trinajstić information content (AvgIpc) is 2.74. The van der Waals surface area contributed by atoms with Crippen LogP contribution in [0, 0.1) is 0 Å². The van der Waals surface area contributed by atoms with Gasteiger partial charge in [0.15, 0.2) is 0 Å². The number of nitrogens with one attached hydrogen (secondary N) is 2. The quantitative estimate of drug-likeness (QED) is 0.581. The van der Waals surface area contributed by atoms with Crippen LogP contribution >= 0.6 is 0 Å². The molecule has 2 amide bonds. The summed E-state index contributed by atoms with van der Waals surface area (Å²) < 4.78 is 32.8. The zero-order valence-corrected chi connectivity index (χ0v) is 19.0. The number of rotatable bonds is 10. The molecule has 0 aliphatic heterocycles. The van der Waals surface area contributed by atoms with Crippen LogP contribution < -0.4 is 14.8 Å². The number of benzene rings is 2. The lowest BCUT2D eigenvalue weighted by Crippen LogP contribution is -2.39. The highest BCUT2D eigenvalue weighted by Crippen LogP contribution is 2.25. The first-order valence-corrected chi connectivity index (χ1v) is 11.5. The highest BCUT2D eigenvalue weighted by atomic mass is 32.2. The van der Waals surface area contributed by atoms with Crippen LogP contribution in [0.4, 0.5) is 0 Å². The van der Waals surface area contributed by atoms with Crippen molar-refractivity contribution >= 4 is 21.8 Å². The molecular formula is C22H29N3O5S. The summed E-state index contributed by atoms with van der Waals surface area (Å²) in [6.07, 6.45) is 0. The summed E-state index contributed by atoms with van der Waals surface area (Å²) in [5.41, 5.74) is 1.11. The number of likely N-dealkylation sites (N-methyl/N-ethyl adjacent to an activating group) is 1. The number of carbonyl (C=O) groups is 2. The van der Waals surface area contributed by atoms with E-state index in [1.165, 1.54) is 25.3 Å². The van der Waals surface area contributed by atoms with Crippen molar-refractivity contribution in [1.29, 1.82) is 0 Å². The first kappa shape index (κ1) is 24.4. The van der Waals surface area contributed by atoms with E-state index in [1.54, 1.807) is 18.7 Å². The van der Waals surface area contributed by atoms with Crippen molar-refractivity contribution < 1.29 is 22.7 Å². The summed E-state index contributed by atoms with van der Waals surface area (Å²) in [5, 5.41) is 2.57. The Kier molecular flexibility index (Phi) is 8.58. The molecule has 0 saturated heterocycles. The normalized spacial score (nSPS) is 11.3. The van der Waals surface area contributed by atoms with Gasteiger partial charge in [-0.2, -0.15) is 0 Å². The van der Waals surface area contributed by atoms with Crippen LogP contribution in [-0.4, -0.2) is 51.4 Å². The van der Waals surface area contributed by atoms with Gasteiger partial charge in [0.2, 0.25) is 15.9 Å². The van der Waals surface area contributed by atoms with E-state index in [4.69, 9.17) is 4.74 Å². The summed E-state index contributed by atoms with van der Waals surface area (Å²) in [6, 6.07) is 13.4. The highest BCUT2D eigenvalue weighted by Gasteiger charge is 2.23. The van der Waals surface area contributed by atoms with E-state index in [0.717, 1.165) is 5.56 Å². The molecule has 2 rings (SSSR count). The van der Waals surface area contributed by atoms with Gasteiger partial charge in [0.25, 0.3) is 5.91 Å². The van der Waals surface area contributed by atoms with Gasteiger partial charge < -0.3 is 15.0 Å². The Hall–Kier alpha value is -2.91. The molecule has 2 aromatic carbocycles. The third-order valence-electron chi connectivity index (χ3n) is 4.46. The van der Waals surface area contributed by atoms with Gasteiger partial charge in [-0.1, -0.05) is 30.3 Å². The topological polar surface area (TPSA) is 105 Å². The number of amides is 2. The molecule has 168 valence electrons. The molecule has 31 heavy (non-hydrogen) atoms. The largest absolute Gasteiger partial charge is 0.495 e. The van der Waals surface area contributed by atoms with E-state index < -0.39 is 15.9 Å². The monoisotopic (exact) mass is 447 g/mol. The average molecular weight is 448 g/mol. The second-order valence-electron chi connectivity index (χ2n) is 7.22. The van der Waals surface area contributed by atoms with Crippen LogP contribution in [0.5, 0.6) is 5.75 Å². The second-order valence-corrected chi connectivity index (χ2v) is 8.90. The summed E-state index contributed by atoms with van der Waals surface area (Å²) in [7, 11) is -2.52. The van der Waals surface area contributed by atoms with Gasteiger partial charge in [0.1, 0.15) is 10.6 Å².